The van der Waals surface area contributed by atoms with Crippen LogP contribution >= 0.6 is 11.3 Å². The summed E-state index contributed by atoms with van der Waals surface area (Å²) in [5.74, 6) is -0.189. The van der Waals surface area contributed by atoms with Gasteiger partial charge in [-0.05, 0) is 42.2 Å². The van der Waals surface area contributed by atoms with E-state index in [1.807, 2.05) is 11.3 Å². The van der Waals surface area contributed by atoms with Crippen LogP contribution in [-0.2, 0) is 10.2 Å². The maximum absolute atomic E-state index is 11.4. The van der Waals surface area contributed by atoms with Crippen LogP contribution in [0.5, 0.6) is 0 Å². The number of thiophene rings is 1. The lowest BCUT2D eigenvalue weighted by Gasteiger charge is -2.30. The highest BCUT2D eigenvalue weighted by Gasteiger charge is 2.37. The van der Waals surface area contributed by atoms with Gasteiger partial charge in [-0.2, -0.15) is 0 Å². The van der Waals surface area contributed by atoms with E-state index in [0.717, 1.165) is 19.3 Å². The third kappa shape index (κ3) is 4.07. The zero-order chi connectivity index (χ0) is 15.7. The normalized spacial score (nSPS) is 19.6. The van der Waals surface area contributed by atoms with Crippen LogP contribution in [0.1, 0.15) is 75.1 Å². The third-order valence-corrected chi connectivity index (χ3v) is 6.24. The highest BCUT2D eigenvalue weighted by Crippen LogP contribution is 2.47. The van der Waals surface area contributed by atoms with Gasteiger partial charge in [-0.15, -0.1) is 11.3 Å². The van der Waals surface area contributed by atoms with Gasteiger partial charge in [0, 0.05) is 22.2 Å². The zero-order valence-corrected chi connectivity index (χ0v) is 14.3. The van der Waals surface area contributed by atoms with Crippen LogP contribution in [0.15, 0.2) is 12.1 Å². The van der Waals surface area contributed by atoms with Crippen molar-refractivity contribution in [3.8, 4) is 0 Å². The molecule has 0 saturated heterocycles. The van der Waals surface area contributed by atoms with Crippen LogP contribution in [0.4, 0.5) is 0 Å². The highest BCUT2D eigenvalue weighted by molar-refractivity contribution is 7.12. The van der Waals surface area contributed by atoms with Crippen LogP contribution in [0.2, 0.25) is 0 Å². The molecule has 1 amide bonds. The predicted molar refractivity (Wildman–Crippen MR) is 89.3 cm³/mol. The molecule has 4 N–H and O–H groups in total. The number of carbonyl (C=O) groups is 1. The minimum atomic E-state index is -0.189. The average Bonchev–Trinajstić information content (AvgIpc) is 2.95. The topological polar surface area (TPSA) is 69.1 Å². The Hall–Kier alpha value is -0.870. The van der Waals surface area contributed by atoms with E-state index in [9.17, 15) is 4.79 Å². The summed E-state index contributed by atoms with van der Waals surface area (Å²) in [7, 11) is 0. The monoisotopic (exact) mass is 308 g/mol. The molecule has 2 rings (SSSR count). The van der Waals surface area contributed by atoms with Crippen molar-refractivity contribution >= 4 is 17.2 Å². The van der Waals surface area contributed by atoms with Gasteiger partial charge in [0.1, 0.15) is 0 Å². The fourth-order valence-electron chi connectivity index (χ4n) is 3.47. The zero-order valence-electron chi connectivity index (χ0n) is 13.4. The second-order valence-corrected chi connectivity index (χ2v) is 8.73. The molecule has 1 aliphatic carbocycles. The van der Waals surface area contributed by atoms with E-state index < -0.39 is 0 Å². The van der Waals surface area contributed by atoms with Gasteiger partial charge in [-0.3, -0.25) is 4.79 Å². The molecule has 118 valence electrons. The summed E-state index contributed by atoms with van der Waals surface area (Å²) in [5, 5.41) is 0. The molecule has 0 aromatic carbocycles. The van der Waals surface area contributed by atoms with E-state index in [2.05, 4.69) is 32.9 Å². The summed E-state index contributed by atoms with van der Waals surface area (Å²) in [4.78, 5) is 14.0. The van der Waals surface area contributed by atoms with Gasteiger partial charge >= 0.3 is 0 Å². The second-order valence-electron chi connectivity index (χ2n) is 7.61. The fourth-order valence-corrected chi connectivity index (χ4v) is 4.54. The number of hydrogen-bond acceptors (Lipinski definition) is 3. The molecule has 21 heavy (non-hydrogen) atoms. The van der Waals surface area contributed by atoms with Crippen molar-refractivity contribution in [3.63, 3.8) is 0 Å². The molecule has 0 bridgehead atoms. The fraction of sp³-hybridized carbons (Fsp3) is 0.706. The molecular formula is C17H28N2OS. The van der Waals surface area contributed by atoms with Gasteiger partial charge in [-0.1, -0.05) is 33.6 Å². The van der Waals surface area contributed by atoms with Crippen molar-refractivity contribution in [2.45, 2.75) is 70.8 Å². The summed E-state index contributed by atoms with van der Waals surface area (Å²) >= 11 is 1.81. The summed E-state index contributed by atoms with van der Waals surface area (Å²) in [6.45, 7) is 6.67. The number of primary amides is 1. The van der Waals surface area contributed by atoms with Crippen molar-refractivity contribution in [2.75, 3.05) is 0 Å². The van der Waals surface area contributed by atoms with E-state index in [0.29, 0.717) is 6.42 Å². The Morgan fingerprint density at radius 2 is 1.95 bits per heavy atom. The summed E-state index contributed by atoms with van der Waals surface area (Å²) < 4.78 is 0. The molecule has 1 atom stereocenters. The lowest BCUT2D eigenvalue weighted by atomic mass is 9.77. The molecule has 3 nitrogen and oxygen atoms in total. The minimum Gasteiger partial charge on any atom is -0.370 e. The Kier molecular flexibility index (Phi) is 4.79. The van der Waals surface area contributed by atoms with Crippen LogP contribution in [0.25, 0.3) is 0 Å². The van der Waals surface area contributed by atoms with Gasteiger partial charge in [0.05, 0.1) is 0 Å². The molecule has 0 spiro atoms. The standard InChI is InChI=1S/C17H28N2OS/c1-16(2,3)14-7-6-13(21-14)12(18)10-17(11-15(19)20)8-4-5-9-17/h6-7,12H,4-5,8-11,18H2,1-3H3,(H2,19,20). The van der Waals surface area contributed by atoms with Gasteiger partial charge in [-0.25, -0.2) is 0 Å². The largest absolute Gasteiger partial charge is 0.370 e. The minimum absolute atomic E-state index is 0.0172. The van der Waals surface area contributed by atoms with Crippen LogP contribution in [0.3, 0.4) is 0 Å². The SMILES string of the molecule is CC(C)(C)c1ccc(C(N)CC2(CC(N)=O)CCCC2)s1. The van der Waals surface area contributed by atoms with Crippen molar-refractivity contribution < 1.29 is 4.79 Å². The summed E-state index contributed by atoms with van der Waals surface area (Å²) in [6.07, 6.45) is 5.91. The van der Waals surface area contributed by atoms with E-state index in [-0.39, 0.29) is 22.8 Å². The Labute approximate surface area is 132 Å². The molecule has 0 radical (unpaired) electrons. The quantitative estimate of drug-likeness (QED) is 0.867. The molecule has 1 aromatic rings. The Morgan fingerprint density at radius 3 is 2.43 bits per heavy atom. The summed E-state index contributed by atoms with van der Waals surface area (Å²) in [5.41, 5.74) is 12.1. The van der Waals surface area contributed by atoms with Gasteiger partial charge in [0.2, 0.25) is 5.91 Å². The molecule has 1 unspecified atom stereocenters. The number of nitrogens with two attached hydrogens (primary N) is 2. The first kappa shape index (κ1) is 16.5. The molecule has 1 saturated carbocycles. The third-order valence-electron chi connectivity index (χ3n) is 4.60. The first-order valence-corrected chi connectivity index (χ1v) is 8.68. The molecule has 1 aliphatic rings. The Balaban J connectivity index is 2.10. The lowest BCUT2D eigenvalue weighted by Crippen LogP contribution is -2.29. The van der Waals surface area contributed by atoms with E-state index in [1.165, 1.54) is 22.6 Å². The number of amides is 1. The Morgan fingerprint density at radius 1 is 1.33 bits per heavy atom. The molecule has 4 heteroatoms. The molecule has 1 heterocycles. The summed E-state index contributed by atoms with van der Waals surface area (Å²) in [6, 6.07) is 4.36. The number of rotatable bonds is 5. The molecular weight excluding hydrogens is 280 g/mol. The van der Waals surface area contributed by atoms with E-state index in [4.69, 9.17) is 11.5 Å². The van der Waals surface area contributed by atoms with Gasteiger partial charge in [0.25, 0.3) is 0 Å². The van der Waals surface area contributed by atoms with Crippen molar-refractivity contribution in [1.82, 2.24) is 0 Å². The molecule has 0 aliphatic heterocycles. The van der Waals surface area contributed by atoms with Crippen LogP contribution < -0.4 is 11.5 Å². The van der Waals surface area contributed by atoms with E-state index in [1.54, 1.807) is 0 Å². The van der Waals surface area contributed by atoms with Crippen molar-refractivity contribution in [3.05, 3.63) is 21.9 Å². The van der Waals surface area contributed by atoms with Gasteiger partial charge in [0.15, 0.2) is 0 Å². The van der Waals surface area contributed by atoms with Crippen molar-refractivity contribution in [1.29, 1.82) is 0 Å². The number of hydrogen-bond donors (Lipinski definition) is 2. The van der Waals surface area contributed by atoms with Crippen molar-refractivity contribution in [2.24, 2.45) is 16.9 Å². The molecule has 1 fully saturated rings. The maximum atomic E-state index is 11.4. The maximum Gasteiger partial charge on any atom is 0.217 e. The predicted octanol–water partition coefficient (Wildman–Crippen LogP) is 3.87. The first-order valence-electron chi connectivity index (χ1n) is 7.86. The van der Waals surface area contributed by atoms with Gasteiger partial charge < -0.3 is 11.5 Å². The highest BCUT2D eigenvalue weighted by atomic mass is 32.1. The van der Waals surface area contributed by atoms with E-state index >= 15 is 0 Å². The lowest BCUT2D eigenvalue weighted by molar-refractivity contribution is -0.120. The first-order chi connectivity index (χ1) is 9.72. The average molecular weight is 308 g/mol. The smallest absolute Gasteiger partial charge is 0.217 e. The van der Waals surface area contributed by atoms with Crippen LogP contribution in [0, 0.1) is 5.41 Å². The molecule has 1 aromatic heterocycles. The second kappa shape index (κ2) is 6.09. The van der Waals surface area contributed by atoms with Crippen LogP contribution in [-0.4, -0.2) is 5.91 Å². The Bertz CT molecular complexity index is 495. The number of carbonyl (C=O) groups excluding carboxylic acids is 1.